The average Bonchev–Trinajstić information content (AvgIpc) is 3.07. The summed E-state index contributed by atoms with van der Waals surface area (Å²) in [6, 6.07) is 0. The number of rotatable bonds is 7. The highest BCUT2D eigenvalue weighted by molar-refractivity contribution is 7.15. The number of hydrogen-bond donors (Lipinski definition) is 3. The van der Waals surface area contributed by atoms with Crippen molar-refractivity contribution in [2.75, 3.05) is 10.6 Å². The van der Waals surface area contributed by atoms with E-state index in [-0.39, 0.29) is 17.5 Å². The third-order valence-electron chi connectivity index (χ3n) is 2.79. The lowest BCUT2D eigenvalue weighted by Crippen LogP contribution is -2.16. The number of aliphatic carboxylic acids is 1. The summed E-state index contributed by atoms with van der Waals surface area (Å²) in [6.45, 7) is 4.10. The van der Waals surface area contributed by atoms with E-state index in [9.17, 15) is 14.4 Å². The molecule has 2 amide bonds. The maximum Gasteiger partial charge on any atom is 0.312 e. The average molecular weight is 368 g/mol. The molecule has 0 aliphatic rings. The zero-order chi connectivity index (χ0) is 17.7. The Morgan fingerprint density at radius 1 is 1.21 bits per heavy atom. The molecule has 2 aromatic heterocycles. The van der Waals surface area contributed by atoms with E-state index in [1.54, 1.807) is 11.6 Å². The van der Waals surface area contributed by atoms with E-state index in [1.165, 1.54) is 11.3 Å². The molecular weight excluding hydrogens is 352 g/mol. The van der Waals surface area contributed by atoms with Gasteiger partial charge in [-0.05, 0) is 5.92 Å². The van der Waals surface area contributed by atoms with Gasteiger partial charge in [0, 0.05) is 16.5 Å². The van der Waals surface area contributed by atoms with Crippen LogP contribution in [0.3, 0.4) is 0 Å². The number of carbonyl (C=O) groups excluding carboxylic acids is 2. The Kier molecular flexibility index (Phi) is 5.99. The molecule has 128 valence electrons. The Labute approximate surface area is 146 Å². The van der Waals surface area contributed by atoms with Crippen molar-refractivity contribution >= 4 is 50.7 Å². The Morgan fingerprint density at radius 2 is 1.92 bits per heavy atom. The van der Waals surface area contributed by atoms with Gasteiger partial charge in [-0.3, -0.25) is 14.4 Å². The summed E-state index contributed by atoms with van der Waals surface area (Å²) in [6.07, 6.45) is 1.16. The quantitative estimate of drug-likeness (QED) is 0.645. The van der Waals surface area contributed by atoms with Gasteiger partial charge in [-0.25, -0.2) is 9.97 Å². The number of nitrogens with one attached hydrogen (secondary N) is 2. The molecule has 0 spiro atoms. The van der Waals surface area contributed by atoms with Crippen molar-refractivity contribution in [1.82, 2.24) is 9.97 Å². The standard InChI is InChI=1S/C14H16N4O4S2/c1-7(2)9-5-15-13(24-9)17-10(19)3-8-6-23-14(16-8)18-11(20)4-12(21)22/h5-7H,3-4H2,1-2H3,(H,21,22)(H,15,17,19)(H,16,18,20). The Bertz CT molecular complexity index is 754. The lowest BCUT2D eigenvalue weighted by Gasteiger charge is -2.00. The van der Waals surface area contributed by atoms with Crippen LogP contribution in [0.2, 0.25) is 0 Å². The van der Waals surface area contributed by atoms with Crippen molar-refractivity contribution in [3.63, 3.8) is 0 Å². The minimum Gasteiger partial charge on any atom is -0.481 e. The Hall–Kier alpha value is -2.33. The van der Waals surface area contributed by atoms with Gasteiger partial charge in [0.15, 0.2) is 10.3 Å². The molecule has 10 heteroatoms. The van der Waals surface area contributed by atoms with Crippen LogP contribution in [-0.4, -0.2) is 32.9 Å². The second-order valence-electron chi connectivity index (χ2n) is 5.21. The van der Waals surface area contributed by atoms with Crippen LogP contribution in [0, 0.1) is 0 Å². The lowest BCUT2D eigenvalue weighted by molar-refractivity contribution is -0.139. The summed E-state index contributed by atoms with van der Waals surface area (Å²) in [7, 11) is 0. The number of nitrogens with zero attached hydrogens (tertiary/aromatic N) is 2. The van der Waals surface area contributed by atoms with Gasteiger partial charge in [0.05, 0.1) is 12.1 Å². The molecule has 2 heterocycles. The van der Waals surface area contributed by atoms with Gasteiger partial charge in [0.25, 0.3) is 0 Å². The van der Waals surface area contributed by atoms with E-state index in [1.807, 2.05) is 0 Å². The summed E-state index contributed by atoms with van der Waals surface area (Å²) < 4.78 is 0. The van der Waals surface area contributed by atoms with Crippen molar-refractivity contribution in [3.8, 4) is 0 Å². The molecular formula is C14H16N4O4S2. The summed E-state index contributed by atoms with van der Waals surface area (Å²) in [5.74, 6) is -1.78. The van der Waals surface area contributed by atoms with Crippen LogP contribution < -0.4 is 10.6 Å². The fourth-order valence-corrected chi connectivity index (χ4v) is 3.25. The second kappa shape index (κ2) is 7.97. The van der Waals surface area contributed by atoms with E-state index >= 15 is 0 Å². The van der Waals surface area contributed by atoms with Crippen LogP contribution in [0.5, 0.6) is 0 Å². The number of carbonyl (C=O) groups is 3. The van der Waals surface area contributed by atoms with E-state index < -0.39 is 18.3 Å². The van der Waals surface area contributed by atoms with Gasteiger partial charge in [-0.2, -0.15) is 0 Å². The number of carboxylic acids is 1. The van der Waals surface area contributed by atoms with Gasteiger partial charge in [-0.15, -0.1) is 22.7 Å². The van der Waals surface area contributed by atoms with Gasteiger partial charge in [0.1, 0.15) is 6.42 Å². The summed E-state index contributed by atoms with van der Waals surface area (Å²) in [4.78, 5) is 43.1. The normalized spacial score (nSPS) is 10.6. The summed E-state index contributed by atoms with van der Waals surface area (Å²) in [5.41, 5.74) is 0.490. The fourth-order valence-electron chi connectivity index (χ4n) is 1.69. The first-order valence-corrected chi connectivity index (χ1v) is 8.74. The molecule has 0 aliphatic heterocycles. The molecule has 0 atom stereocenters. The van der Waals surface area contributed by atoms with E-state index in [0.29, 0.717) is 16.7 Å². The number of amides is 2. The first kappa shape index (κ1) is 18.0. The van der Waals surface area contributed by atoms with Crippen LogP contribution in [0.1, 0.15) is 36.8 Å². The first-order chi connectivity index (χ1) is 11.3. The smallest absolute Gasteiger partial charge is 0.312 e. The molecule has 0 fully saturated rings. The maximum atomic E-state index is 12.0. The molecule has 0 aliphatic carbocycles. The third kappa shape index (κ3) is 5.39. The van der Waals surface area contributed by atoms with Crippen molar-refractivity contribution in [2.45, 2.75) is 32.6 Å². The molecule has 0 radical (unpaired) electrons. The zero-order valence-corrected chi connectivity index (χ0v) is 14.7. The molecule has 0 aromatic carbocycles. The fraction of sp³-hybridized carbons (Fsp3) is 0.357. The number of anilines is 2. The van der Waals surface area contributed by atoms with Gasteiger partial charge < -0.3 is 15.7 Å². The predicted octanol–water partition coefficient (Wildman–Crippen LogP) is 2.32. The highest BCUT2D eigenvalue weighted by Gasteiger charge is 2.13. The second-order valence-corrected chi connectivity index (χ2v) is 7.13. The number of thiazole rings is 2. The topological polar surface area (TPSA) is 121 Å². The van der Waals surface area contributed by atoms with Crippen molar-refractivity contribution < 1.29 is 19.5 Å². The molecule has 0 bridgehead atoms. The van der Waals surface area contributed by atoms with E-state index in [2.05, 4.69) is 34.4 Å². The SMILES string of the molecule is CC(C)c1cnc(NC(=O)Cc2csc(NC(=O)CC(=O)O)n2)s1. The van der Waals surface area contributed by atoms with Gasteiger partial charge in [0.2, 0.25) is 11.8 Å². The van der Waals surface area contributed by atoms with Crippen LogP contribution in [0.15, 0.2) is 11.6 Å². The summed E-state index contributed by atoms with van der Waals surface area (Å²) in [5, 5.41) is 16.1. The van der Waals surface area contributed by atoms with Crippen molar-refractivity contribution in [3.05, 3.63) is 22.1 Å². The molecule has 3 N–H and O–H groups in total. The summed E-state index contributed by atoms with van der Waals surface area (Å²) >= 11 is 2.56. The molecule has 2 rings (SSSR count). The number of aromatic nitrogens is 2. The van der Waals surface area contributed by atoms with Crippen LogP contribution in [0.4, 0.5) is 10.3 Å². The lowest BCUT2D eigenvalue weighted by atomic mass is 10.2. The minimum absolute atomic E-state index is 0.0435. The number of carboxylic acid groups (broad SMARTS) is 1. The monoisotopic (exact) mass is 368 g/mol. The van der Waals surface area contributed by atoms with E-state index in [0.717, 1.165) is 16.2 Å². The minimum atomic E-state index is -1.21. The highest BCUT2D eigenvalue weighted by Crippen LogP contribution is 2.25. The third-order valence-corrected chi connectivity index (χ3v) is 4.81. The molecule has 0 saturated heterocycles. The molecule has 8 nitrogen and oxygen atoms in total. The number of hydrogen-bond acceptors (Lipinski definition) is 7. The van der Waals surface area contributed by atoms with E-state index in [4.69, 9.17) is 5.11 Å². The molecule has 0 unspecified atom stereocenters. The van der Waals surface area contributed by atoms with Crippen LogP contribution in [0.25, 0.3) is 0 Å². The maximum absolute atomic E-state index is 12.0. The Balaban J connectivity index is 1.88. The zero-order valence-electron chi connectivity index (χ0n) is 13.0. The molecule has 0 saturated carbocycles. The molecule has 24 heavy (non-hydrogen) atoms. The largest absolute Gasteiger partial charge is 0.481 e. The van der Waals surface area contributed by atoms with Crippen LogP contribution >= 0.6 is 22.7 Å². The highest BCUT2D eigenvalue weighted by atomic mass is 32.1. The molecule has 2 aromatic rings. The first-order valence-electron chi connectivity index (χ1n) is 7.05. The predicted molar refractivity (Wildman–Crippen MR) is 91.5 cm³/mol. The van der Waals surface area contributed by atoms with Gasteiger partial charge in [-0.1, -0.05) is 13.8 Å². The van der Waals surface area contributed by atoms with Crippen molar-refractivity contribution in [1.29, 1.82) is 0 Å². The Morgan fingerprint density at radius 3 is 2.54 bits per heavy atom. The van der Waals surface area contributed by atoms with Gasteiger partial charge >= 0.3 is 5.97 Å². The van der Waals surface area contributed by atoms with Crippen LogP contribution in [-0.2, 0) is 20.8 Å². The van der Waals surface area contributed by atoms with Crippen molar-refractivity contribution in [2.24, 2.45) is 0 Å².